The minimum absolute atomic E-state index is 0.400. The van der Waals surface area contributed by atoms with Crippen molar-refractivity contribution in [3.8, 4) is 0 Å². The number of sulfone groups is 1. The molecule has 0 aromatic rings. The molecule has 0 aliphatic carbocycles. The SMILES string of the molecule is CC(CC(=O)O)NS(=O)(=O)CS(C)(=O)=O. The molecule has 0 aliphatic heterocycles. The fourth-order valence-electron chi connectivity index (χ4n) is 0.926. The van der Waals surface area contributed by atoms with Gasteiger partial charge in [-0.25, -0.2) is 21.6 Å². The van der Waals surface area contributed by atoms with E-state index in [1.807, 2.05) is 4.72 Å². The first-order valence-corrected chi connectivity index (χ1v) is 7.62. The Kier molecular flexibility index (Phi) is 4.68. The second kappa shape index (κ2) is 4.90. The average Bonchev–Trinajstić information content (AvgIpc) is 1.73. The molecule has 90 valence electrons. The largest absolute Gasteiger partial charge is 0.481 e. The molecule has 0 heterocycles. The molecular formula is C6H13NO6S2. The van der Waals surface area contributed by atoms with E-state index in [1.54, 1.807) is 0 Å². The highest BCUT2D eigenvalue weighted by atomic mass is 32.3. The minimum Gasteiger partial charge on any atom is -0.481 e. The van der Waals surface area contributed by atoms with Gasteiger partial charge in [-0.05, 0) is 6.92 Å². The molecule has 15 heavy (non-hydrogen) atoms. The second-order valence-corrected chi connectivity index (χ2v) is 7.53. The molecule has 0 saturated heterocycles. The normalized spacial score (nSPS) is 14.8. The van der Waals surface area contributed by atoms with Crippen molar-refractivity contribution in [1.82, 2.24) is 4.72 Å². The van der Waals surface area contributed by atoms with Crippen molar-refractivity contribution in [2.45, 2.75) is 19.4 Å². The fourth-order valence-corrected chi connectivity index (χ4v) is 4.15. The van der Waals surface area contributed by atoms with Gasteiger partial charge in [0, 0.05) is 12.3 Å². The van der Waals surface area contributed by atoms with Gasteiger partial charge in [0.2, 0.25) is 10.0 Å². The van der Waals surface area contributed by atoms with E-state index in [9.17, 15) is 21.6 Å². The van der Waals surface area contributed by atoms with Crippen LogP contribution in [-0.2, 0) is 24.7 Å². The lowest BCUT2D eigenvalue weighted by molar-refractivity contribution is -0.137. The number of hydrogen-bond acceptors (Lipinski definition) is 5. The summed E-state index contributed by atoms with van der Waals surface area (Å²) in [5.41, 5.74) is 0. The van der Waals surface area contributed by atoms with Crippen molar-refractivity contribution in [2.24, 2.45) is 0 Å². The van der Waals surface area contributed by atoms with Crippen LogP contribution in [0.4, 0.5) is 0 Å². The van der Waals surface area contributed by atoms with Crippen LogP contribution in [0.2, 0.25) is 0 Å². The van der Waals surface area contributed by atoms with E-state index in [4.69, 9.17) is 5.11 Å². The average molecular weight is 259 g/mol. The Labute approximate surface area is 88.5 Å². The molecule has 0 amide bonds. The zero-order valence-electron chi connectivity index (χ0n) is 8.30. The van der Waals surface area contributed by atoms with Gasteiger partial charge in [-0.3, -0.25) is 4.79 Å². The minimum atomic E-state index is -3.99. The molecule has 2 N–H and O–H groups in total. The molecule has 7 nitrogen and oxygen atoms in total. The van der Waals surface area contributed by atoms with Crippen LogP contribution in [0.25, 0.3) is 0 Å². The van der Waals surface area contributed by atoms with Gasteiger partial charge in [-0.2, -0.15) is 0 Å². The molecule has 0 bridgehead atoms. The molecule has 1 atom stereocenters. The van der Waals surface area contributed by atoms with Crippen molar-refractivity contribution >= 4 is 25.8 Å². The number of rotatable bonds is 6. The zero-order chi connectivity index (χ0) is 12.3. The van der Waals surface area contributed by atoms with Gasteiger partial charge in [-0.1, -0.05) is 0 Å². The third-order valence-corrected chi connectivity index (χ3v) is 4.95. The van der Waals surface area contributed by atoms with E-state index in [0.29, 0.717) is 0 Å². The Morgan fingerprint density at radius 2 is 1.80 bits per heavy atom. The van der Waals surface area contributed by atoms with E-state index in [2.05, 4.69) is 0 Å². The van der Waals surface area contributed by atoms with Crippen LogP contribution in [-0.4, -0.2) is 45.3 Å². The Morgan fingerprint density at radius 3 is 2.13 bits per heavy atom. The van der Waals surface area contributed by atoms with Crippen molar-refractivity contribution in [1.29, 1.82) is 0 Å². The Balaban J connectivity index is 4.46. The Hall–Kier alpha value is -0.670. The predicted molar refractivity (Wildman–Crippen MR) is 53.5 cm³/mol. The summed E-state index contributed by atoms with van der Waals surface area (Å²) in [7, 11) is -7.64. The van der Waals surface area contributed by atoms with Gasteiger partial charge in [0.15, 0.2) is 14.9 Å². The maximum Gasteiger partial charge on any atom is 0.304 e. The highest BCUT2D eigenvalue weighted by molar-refractivity contribution is 8.06. The smallest absolute Gasteiger partial charge is 0.304 e. The van der Waals surface area contributed by atoms with Crippen molar-refractivity contribution in [2.75, 3.05) is 11.3 Å². The maximum absolute atomic E-state index is 11.2. The highest BCUT2D eigenvalue weighted by Crippen LogP contribution is 1.97. The summed E-state index contributed by atoms with van der Waals surface area (Å²) < 4.78 is 45.7. The van der Waals surface area contributed by atoms with Crippen molar-refractivity contribution < 1.29 is 26.7 Å². The summed E-state index contributed by atoms with van der Waals surface area (Å²) in [6, 6.07) is -0.839. The number of carboxylic acids is 1. The fraction of sp³-hybridized carbons (Fsp3) is 0.833. The van der Waals surface area contributed by atoms with Crippen LogP contribution >= 0.6 is 0 Å². The zero-order valence-corrected chi connectivity index (χ0v) is 9.93. The van der Waals surface area contributed by atoms with Crippen LogP contribution in [0.1, 0.15) is 13.3 Å². The molecule has 0 radical (unpaired) electrons. The maximum atomic E-state index is 11.2. The monoisotopic (exact) mass is 259 g/mol. The number of sulfonamides is 1. The third kappa shape index (κ3) is 8.33. The summed E-state index contributed by atoms with van der Waals surface area (Å²) in [4.78, 5) is 10.2. The van der Waals surface area contributed by atoms with Gasteiger partial charge in [0.25, 0.3) is 0 Å². The van der Waals surface area contributed by atoms with E-state index in [0.717, 1.165) is 6.26 Å². The molecular weight excluding hydrogens is 246 g/mol. The van der Waals surface area contributed by atoms with E-state index < -0.39 is 43.4 Å². The summed E-state index contributed by atoms with van der Waals surface area (Å²) in [6.45, 7) is 1.34. The molecule has 0 aromatic carbocycles. The van der Waals surface area contributed by atoms with Crippen LogP contribution in [0.3, 0.4) is 0 Å². The van der Waals surface area contributed by atoms with Crippen molar-refractivity contribution in [3.05, 3.63) is 0 Å². The first-order chi connectivity index (χ1) is 6.52. The van der Waals surface area contributed by atoms with E-state index in [1.165, 1.54) is 6.92 Å². The van der Waals surface area contributed by atoms with Crippen LogP contribution in [0, 0.1) is 0 Å². The topological polar surface area (TPSA) is 118 Å². The number of aliphatic carboxylic acids is 1. The van der Waals surface area contributed by atoms with Gasteiger partial charge in [-0.15, -0.1) is 0 Å². The number of hydrogen-bond donors (Lipinski definition) is 2. The van der Waals surface area contributed by atoms with Gasteiger partial charge in [0.1, 0.15) is 0 Å². The quantitative estimate of drug-likeness (QED) is 0.616. The summed E-state index contributed by atoms with van der Waals surface area (Å²) in [6.07, 6.45) is 0.386. The Bertz CT molecular complexity index is 423. The number of nitrogens with one attached hydrogen (secondary N) is 1. The second-order valence-electron chi connectivity index (χ2n) is 3.28. The van der Waals surface area contributed by atoms with Gasteiger partial charge < -0.3 is 5.11 Å². The third-order valence-electron chi connectivity index (χ3n) is 1.23. The van der Waals surface area contributed by atoms with Gasteiger partial charge in [0.05, 0.1) is 6.42 Å². The first kappa shape index (κ1) is 14.3. The molecule has 0 aromatic heterocycles. The Morgan fingerprint density at radius 1 is 1.33 bits per heavy atom. The predicted octanol–water partition coefficient (Wildman–Crippen LogP) is -1.23. The van der Waals surface area contributed by atoms with E-state index in [-0.39, 0.29) is 0 Å². The molecule has 0 fully saturated rings. The van der Waals surface area contributed by atoms with Crippen LogP contribution in [0.5, 0.6) is 0 Å². The summed E-state index contributed by atoms with van der Waals surface area (Å²) in [5, 5.41) is 7.32. The molecule has 0 rings (SSSR count). The molecule has 1 unspecified atom stereocenters. The molecule has 0 aliphatic rings. The standard InChI is InChI=1S/C6H13NO6S2/c1-5(3-6(8)9)7-15(12,13)4-14(2,10)11/h5,7H,3-4H2,1-2H3,(H,8,9). The highest BCUT2D eigenvalue weighted by Gasteiger charge is 2.21. The van der Waals surface area contributed by atoms with Crippen molar-refractivity contribution in [3.63, 3.8) is 0 Å². The van der Waals surface area contributed by atoms with E-state index >= 15 is 0 Å². The van der Waals surface area contributed by atoms with Gasteiger partial charge >= 0.3 is 5.97 Å². The van der Waals surface area contributed by atoms with Crippen LogP contribution in [0.15, 0.2) is 0 Å². The number of carboxylic acid groups (broad SMARTS) is 1. The summed E-state index contributed by atoms with van der Waals surface area (Å²) in [5.74, 6) is -1.16. The molecule has 0 spiro atoms. The number of carbonyl (C=O) groups is 1. The molecule has 0 saturated carbocycles. The lowest BCUT2D eigenvalue weighted by Crippen LogP contribution is -2.37. The first-order valence-electron chi connectivity index (χ1n) is 3.91. The lowest BCUT2D eigenvalue weighted by Gasteiger charge is -2.10. The summed E-state index contributed by atoms with van der Waals surface area (Å²) >= 11 is 0. The van der Waals surface area contributed by atoms with Crippen LogP contribution < -0.4 is 4.72 Å². The lowest BCUT2D eigenvalue weighted by atomic mass is 10.3. The molecule has 9 heteroatoms.